The molecule has 2 unspecified atom stereocenters. The molecule has 0 radical (unpaired) electrons. The number of hydrogen-bond acceptors (Lipinski definition) is 5. The highest BCUT2D eigenvalue weighted by Crippen LogP contribution is 2.49. The number of methoxy groups -OCH3 is 1. The van der Waals surface area contributed by atoms with Crippen LogP contribution in [0.4, 0.5) is 4.79 Å². The molecule has 0 bridgehead atoms. The molecule has 1 saturated heterocycles. The van der Waals surface area contributed by atoms with Crippen molar-refractivity contribution in [2.24, 2.45) is 17.1 Å². The van der Waals surface area contributed by atoms with Gasteiger partial charge in [0.15, 0.2) is 0 Å². The average Bonchev–Trinajstić information content (AvgIpc) is 2.78. The molecule has 33 heavy (non-hydrogen) atoms. The van der Waals surface area contributed by atoms with Crippen molar-refractivity contribution >= 4 is 18.0 Å². The van der Waals surface area contributed by atoms with Crippen LogP contribution in [0.1, 0.15) is 81.6 Å². The van der Waals surface area contributed by atoms with Gasteiger partial charge >= 0.3 is 12.1 Å². The molecule has 2 atom stereocenters. The second kappa shape index (κ2) is 10.1. The third-order valence-corrected chi connectivity index (χ3v) is 7.19. The fraction of sp³-hybridized carbons (Fsp3) is 0.654. The van der Waals surface area contributed by atoms with Crippen LogP contribution in [0.15, 0.2) is 24.3 Å². The van der Waals surface area contributed by atoms with Gasteiger partial charge in [-0.3, -0.25) is 9.69 Å². The molecule has 0 spiro atoms. The summed E-state index contributed by atoms with van der Waals surface area (Å²) in [4.78, 5) is 38.7. The first-order valence-corrected chi connectivity index (χ1v) is 12.0. The van der Waals surface area contributed by atoms with E-state index in [1.54, 1.807) is 12.1 Å². The number of amides is 2. The Morgan fingerprint density at radius 3 is 2.27 bits per heavy atom. The van der Waals surface area contributed by atoms with E-state index in [4.69, 9.17) is 15.2 Å². The second-order valence-corrected chi connectivity index (χ2v) is 10.6. The van der Waals surface area contributed by atoms with Gasteiger partial charge in [0.05, 0.1) is 12.7 Å². The summed E-state index contributed by atoms with van der Waals surface area (Å²) in [6.07, 6.45) is 7.48. The topological polar surface area (TPSA) is 98.9 Å². The number of benzene rings is 1. The van der Waals surface area contributed by atoms with Gasteiger partial charge < -0.3 is 15.2 Å². The number of carbonyl (C=O) groups is 3. The molecule has 1 aromatic carbocycles. The molecular weight excluding hydrogens is 420 g/mol. The predicted octanol–water partition coefficient (Wildman–Crippen LogP) is 4.47. The molecule has 3 rings (SSSR count). The highest BCUT2D eigenvalue weighted by Gasteiger charge is 2.48. The largest absolute Gasteiger partial charge is 0.465 e. The zero-order valence-electron chi connectivity index (χ0n) is 20.4. The van der Waals surface area contributed by atoms with E-state index < -0.39 is 23.6 Å². The lowest BCUT2D eigenvalue weighted by Gasteiger charge is -2.50. The Morgan fingerprint density at radius 1 is 1.09 bits per heavy atom. The molecule has 1 aliphatic heterocycles. The van der Waals surface area contributed by atoms with Gasteiger partial charge in [-0.1, -0.05) is 31.4 Å². The smallest absolute Gasteiger partial charge is 0.410 e. The third kappa shape index (κ3) is 6.06. The van der Waals surface area contributed by atoms with E-state index in [1.807, 2.05) is 32.9 Å². The minimum atomic E-state index is -0.690. The number of esters is 1. The molecule has 182 valence electrons. The Bertz CT molecular complexity index is 854. The first kappa shape index (κ1) is 25.1. The summed E-state index contributed by atoms with van der Waals surface area (Å²) in [6, 6.07) is 6.82. The number of rotatable bonds is 5. The predicted molar refractivity (Wildman–Crippen MR) is 126 cm³/mol. The van der Waals surface area contributed by atoms with Crippen molar-refractivity contribution in [2.45, 2.75) is 83.8 Å². The van der Waals surface area contributed by atoms with Crippen molar-refractivity contribution in [3.63, 3.8) is 0 Å². The van der Waals surface area contributed by atoms with Crippen LogP contribution in [-0.2, 0) is 20.7 Å². The number of nitrogens with zero attached hydrogens (tertiary/aromatic N) is 1. The summed E-state index contributed by atoms with van der Waals surface area (Å²) >= 11 is 0. The molecule has 2 aliphatic rings. The first-order valence-electron chi connectivity index (χ1n) is 12.0. The van der Waals surface area contributed by atoms with E-state index in [-0.39, 0.29) is 11.4 Å². The number of likely N-dealkylation sites (tertiary alicyclic amines) is 1. The summed E-state index contributed by atoms with van der Waals surface area (Å²) in [7, 11) is 1.37. The minimum Gasteiger partial charge on any atom is -0.465 e. The molecule has 0 aromatic heterocycles. The lowest BCUT2D eigenvalue weighted by Crippen LogP contribution is -2.58. The maximum absolute atomic E-state index is 12.9. The van der Waals surface area contributed by atoms with Crippen LogP contribution >= 0.6 is 0 Å². The zero-order valence-corrected chi connectivity index (χ0v) is 20.4. The van der Waals surface area contributed by atoms with Gasteiger partial charge in [-0.05, 0) is 81.9 Å². The van der Waals surface area contributed by atoms with Crippen molar-refractivity contribution in [1.29, 1.82) is 0 Å². The van der Waals surface area contributed by atoms with E-state index in [0.29, 0.717) is 24.4 Å². The monoisotopic (exact) mass is 458 g/mol. The number of piperidine rings is 1. The van der Waals surface area contributed by atoms with Gasteiger partial charge in [0.1, 0.15) is 11.6 Å². The van der Waals surface area contributed by atoms with Crippen molar-refractivity contribution in [2.75, 3.05) is 13.7 Å². The van der Waals surface area contributed by atoms with Gasteiger partial charge in [-0.2, -0.15) is 0 Å². The molecule has 1 saturated carbocycles. The van der Waals surface area contributed by atoms with Gasteiger partial charge in [-0.15, -0.1) is 0 Å². The number of nitrogens with two attached hydrogens (primary N) is 1. The summed E-state index contributed by atoms with van der Waals surface area (Å²) < 4.78 is 10.4. The molecule has 2 amide bonds. The Labute approximate surface area is 197 Å². The standard InChI is InChI=1S/C26H38N2O5/c1-25(2,3)33-24(31)28-15-14-26(17-21(28)22(27)29,20-8-6-5-7-9-20)16-18-10-12-19(13-11-18)23(30)32-4/h10-13,20-21H,5-9,14-17H2,1-4H3,(H2,27,29). The lowest BCUT2D eigenvalue weighted by molar-refractivity contribution is -0.128. The molecule has 1 aromatic rings. The summed E-state index contributed by atoms with van der Waals surface area (Å²) in [6.45, 7) is 5.90. The Balaban J connectivity index is 1.88. The zero-order chi connectivity index (χ0) is 24.2. The van der Waals surface area contributed by atoms with Gasteiger partial charge in [-0.25, -0.2) is 9.59 Å². The maximum atomic E-state index is 12.9. The van der Waals surface area contributed by atoms with E-state index >= 15 is 0 Å². The van der Waals surface area contributed by atoms with Crippen LogP contribution in [0.5, 0.6) is 0 Å². The van der Waals surface area contributed by atoms with Crippen LogP contribution in [0, 0.1) is 11.3 Å². The minimum absolute atomic E-state index is 0.134. The van der Waals surface area contributed by atoms with Crippen LogP contribution < -0.4 is 5.73 Å². The summed E-state index contributed by atoms with van der Waals surface area (Å²) in [5, 5.41) is 0. The van der Waals surface area contributed by atoms with Crippen LogP contribution in [0.2, 0.25) is 0 Å². The Morgan fingerprint density at radius 2 is 1.73 bits per heavy atom. The summed E-state index contributed by atoms with van der Waals surface area (Å²) in [5.41, 5.74) is 6.69. The average molecular weight is 459 g/mol. The fourth-order valence-corrected chi connectivity index (χ4v) is 5.56. The number of hydrogen-bond donors (Lipinski definition) is 1. The number of primary amides is 1. The van der Waals surface area contributed by atoms with Gasteiger partial charge in [0, 0.05) is 6.54 Å². The molecule has 7 nitrogen and oxygen atoms in total. The third-order valence-electron chi connectivity index (χ3n) is 7.19. The maximum Gasteiger partial charge on any atom is 0.410 e. The van der Waals surface area contributed by atoms with E-state index in [9.17, 15) is 14.4 Å². The van der Waals surface area contributed by atoms with E-state index in [2.05, 4.69) is 0 Å². The molecular formula is C26H38N2O5. The summed E-state index contributed by atoms with van der Waals surface area (Å²) in [5.74, 6) is -0.376. The van der Waals surface area contributed by atoms with Gasteiger partial charge in [0.2, 0.25) is 5.91 Å². The lowest BCUT2D eigenvalue weighted by atomic mass is 9.60. The van der Waals surface area contributed by atoms with Crippen LogP contribution in [0.25, 0.3) is 0 Å². The Hall–Kier alpha value is -2.57. The SMILES string of the molecule is COC(=O)c1ccc(CC2(C3CCCCC3)CCN(C(=O)OC(C)(C)C)C(C(N)=O)C2)cc1. The Kier molecular flexibility index (Phi) is 7.70. The highest BCUT2D eigenvalue weighted by atomic mass is 16.6. The van der Waals surface area contributed by atoms with Gasteiger partial charge in [0.25, 0.3) is 0 Å². The van der Waals surface area contributed by atoms with Crippen molar-refractivity contribution < 1.29 is 23.9 Å². The normalized spacial score (nSPS) is 24.2. The number of carbonyl (C=O) groups excluding carboxylic acids is 3. The molecule has 2 N–H and O–H groups in total. The molecule has 7 heteroatoms. The first-order chi connectivity index (χ1) is 15.5. The molecule has 2 fully saturated rings. The van der Waals surface area contributed by atoms with Crippen LogP contribution in [0.3, 0.4) is 0 Å². The van der Waals surface area contributed by atoms with E-state index in [1.165, 1.54) is 31.3 Å². The highest BCUT2D eigenvalue weighted by molar-refractivity contribution is 5.89. The fourth-order valence-electron chi connectivity index (χ4n) is 5.56. The molecule has 1 heterocycles. The van der Waals surface area contributed by atoms with E-state index in [0.717, 1.165) is 31.2 Å². The van der Waals surface area contributed by atoms with Crippen LogP contribution in [-0.4, -0.2) is 48.2 Å². The van der Waals surface area contributed by atoms with Crippen molar-refractivity contribution in [3.8, 4) is 0 Å². The van der Waals surface area contributed by atoms with Crippen molar-refractivity contribution in [3.05, 3.63) is 35.4 Å². The quantitative estimate of drug-likeness (QED) is 0.657. The number of ether oxygens (including phenoxy) is 2. The molecule has 1 aliphatic carbocycles. The van der Waals surface area contributed by atoms with Crippen molar-refractivity contribution in [1.82, 2.24) is 4.90 Å². The second-order valence-electron chi connectivity index (χ2n) is 10.6.